The summed E-state index contributed by atoms with van der Waals surface area (Å²) in [4.78, 5) is 10.3. The molecule has 178 valence electrons. The van der Waals surface area contributed by atoms with Gasteiger partial charge in [-0.1, -0.05) is 70.1 Å². The lowest BCUT2D eigenvalue weighted by atomic mass is 10.1. The number of unbranched alkanes of at least 4 members (excludes halogenated alkanes) is 12. The highest BCUT2D eigenvalue weighted by Gasteiger charge is 2.41. The zero-order valence-electron chi connectivity index (χ0n) is 20.5. The minimum absolute atomic E-state index is 0.352. The van der Waals surface area contributed by atoms with E-state index < -0.39 is 7.60 Å². The van der Waals surface area contributed by atoms with Crippen molar-refractivity contribution in [2.75, 3.05) is 27.7 Å². The fraction of sp³-hybridized carbons (Fsp3) is 0.840. The van der Waals surface area contributed by atoms with Crippen LogP contribution in [0.2, 0.25) is 0 Å². The summed E-state index contributed by atoms with van der Waals surface area (Å²) in [5.41, 5.74) is 0. The average Bonchev–Trinajstić information content (AvgIpc) is 2.66. The van der Waals surface area contributed by atoms with Crippen LogP contribution >= 0.6 is 7.60 Å². The molecule has 0 radical (unpaired) electrons. The third kappa shape index (κ3) is 16.3. The first-order valence-corrected chi connectivity index (χ1v) is 13.9. The molecule has 0 heterocycles. The van der Waals surface area contributed by atoms with E-state index in [0.717, 1.165) is 19.3 Å². The van der Waals surface area contributed by atoms with Crippen molar-refractivity contribution in [3.8, 4) is 0 Å². The molecule has 5 heteroatoms. The molecule has 0 aliphatic heterocycles. The van der Waals surface area contributed by atoms with Gasteiger partial charge in [-0.05, 0) is 44.9 Å². The second kappa shape index (κ2) is 18.2. The van der Waals surface area contributed by atoms with E-state index in [1.807, 2.05) is 34.1 Å². The van der Waals surface area contributed by atoms with Crippen LogP contribution in [0.25, 0.3) is 0 Å². The lowest BCUT2D eigenvalue weighted by molar-refractivity contribution is -0.883. The Labute approximate surface area is 187 Å². The van der Waals surface area contributed by atoms with Gasteiger partial charge in [0.15, 0.2) is 5.78 Å². The average molecular weight is 445 g/mol. The summed E-state index contributed by atoms with van der Waals surface area (Å²) in [5, 5.41) is 0. The van der Waals surface area contributed by atoms with Crippen LogP contribution in [0.4, 0.5) is 0 Å². The van der Waals surface area contributed by atoms with Gasteiger partial charge >= 0.3 is 7.60 Å². The molecule has 0 aromatic heterocycles. The first-order chi connectivity index (χ1) is 14.3. The van der Waals surface area contributed by atoms with Crippen molar-refractivity contribution in [1.82, 2.24) is 0 Å². The van der Waals surface area contributed by atoms with Crippen LogP contribution < -0.4 is 0 Å². The summed E-state index contributed by atoms with van der Waals surface area (Å²) in [6, 6.07) is 0. The van der Waals surface area contributed by atoms with Crippen LogP contribution in [0.1, 0.15) is 103 Å². The zero-order chi connectivity index (χ0) is 22.7. The molecule has 0 spiro atoms. The van der Waals surface area contributed by atoms with E-state index in [9.17, 15) is 9.46 Å². The van der Waals surface area contributed by atoms with Gasteiger partial charge in [-0.15, -0.1) is 6.58 Å². The van der Waals surface area contributed by atoms with Crippen LogP contribution in [0, 0.1) is 0 Å². The Bertz CT molecular complexity index is 485. The van der Waals surface area contributed by atoms with E-state index in [4.69, 9.17) is 4.52 Å². The fourth-order valence-corrected chi connectivity index (χ4v) is 5.79. The van der Waals surface area contributed by atoms with Crippen molar-refractivity contribution in [3.05, 3.63) is 24.8 Å². The Morgan fingerprint density at radius 1 is 0.833 bits per heavy atom. The molecule has 0 fully saturated rings. The second-order valence-corrected chi connectivity index (χ2v) is 11.4. The molecule has 2 unspecified atom stereocenters. The maximum absolute atomic E-state index is 12.5. The van der Waals surface area contributed by atoms with E-state index in [1.165, 1.54) is 70.6 Å². The van der Waals surface area contributed by atoms with Gasteiger partial charge in [0.05, 0.1) is 27.7 Å². The van der Waals surface area contributed by atoms with E-state index in [0.29, 0.717) is 17.5 Å². The van der Waals surface area contributed by atoms with Gasteiger partial charge in [-0.2, -0.15) is 0 Å². The molecule has 0 rings (SSSR count). The molecular formula is C25H51NO3P+. The Morgan fingerprint density at radius 2 is 1.27 bits per heavy atom. The van der Waals surface area contributed by atoms with E-state index in [2.05, 4.69) is 18.7 Å². The van der Waals surface area contributed by atoms with Crippen LogP contribution in [0.15, 0.2) is 24.8 Å². The van der Waals surface area contributed by atoms with Crippen molar-refractivity contribution in [1.29, 1.82) is 0 Å². The van der Waals surface area contributed by atoms with Gasteiger partial charge in [0.25, 0.3) is 0 Å². The van der Waals surface area contributed by atoms with Crippen LogP contribution in [-0.2, 0) is 9.09 Å². The number of hydrogen-bond acceptors (Lipinski definition) is 2. The molecule has 30 heavy (non-hydrogen) atoms. The fourth-order valence-electron chi connectivity index (χ4n) is 3.89. The van der Waals surface area contributed by atoms with Gasteiger partial charge in [0.2, 0.25) is 0 Å². The molecular weight excluding hydrogens is 393 g/mol. The van der Waals surface area contributed by atoms with Crippen molar-refractivity contribution < 1.29 is 18.5 Å². The molecule has 0 saturated carbocycles. The predicted octanol–water partition coefficient (Wildman–Crippen LogP) is 7.83. The van der Waals surface area contributed by atoms with E-state index in [1.54, 1.807) is 0 Å². The van der Waals surface area contributed by atoms with Crippen LogP contribution in [0.5, 0.6) is 0 Å². The molecule has 2 atom stereocenters. The summed E-state index contributed by atoms with van der Waals surface area (Å²) < 4.78 is 18.3. The largest absolute Gasteiger partial charge is 0.385 e. The Kier molecular flexibility index (Phi) is 17.9. The quantitative estimate of drug-likeness (QED) is 0.0849. The number of hydrogen-bond donors (Lipinski definition) is 1. The Balaban J connectivity index is 3.50. The third-order valence-electron chi connectivity index (χ3n) is 5.62. The summed E-state index contributed by atoms with van der Waals surface area (Å²) in [6.45, 7) is 6.10. The van der Waals surface area contributed by atoms with Gasteiger partial charge in [0, 0.05) is 6.42 Å². The summed E-state index contributed by atoms with van der Waals surface area (Å²) >= 11 is 0. The van der Waals surface area contributed by atoms with Crippen molar-refractivity contribution in [2.24, 2.45) is 0 Å². The minimum Gasteiger partial charge on any atom is -0.320 e. The van der Waals surface area contributed by atoms with E-state index in [-0.39, 0.29) is 5.78 Å². The maximum atomic E-state index is 12.5. The SMILES string of the molecule is C=CCCCCC/C=C\CCCCCCCCCCOP(=O)(O)C(CC)[N+](C)(C)C. The molecule has 1 N–H and O–H groups in total. The topological polar surface area (TPSA) is 46.5 Å². The van der Waals surface area contributed by atoms with Crippen LogP contribution in [-0.4, -0.2) is 42.9 Å². The molecule has 0 bridgehead atoms. The summed E-state index contributed by atoms with van der Waals surface area (Å²) in [6.07, 6.45) is 24.5. The molecule has 0 aromatic rings. The normalized spacial score (nSPS) is 15.4. The third-order valence-corrected chi connectivity index (χ3v) is 7.99. The first kappa shape index (κ1) is 29.6. The number of quaternary nitrogens is 1. The van der Waals surface area contributed by atoms with Crippen molar-refractivity contribution in [3.63, 3.8) is 0 Å². The molecule has 4 nitrogen and oxygen atoms in total. The molecule has 0 aliphatic rings. The Hall–Kier alpha value is -0.410. The Morgan fingerprint density at radius 3 is 1.73 bits per heavy atom. The first-order valence-electron chi connectivity index (χ1n) is 12.3. The molecule has 0 aromatic carbocycles. The highest BCUT2D eigenvalue weighted by molar-refractivity contribution is 7.53. The highest BCUT2D eigenvalue weighted by atomic mass is 31.2. The minimum atomic E-state index is -3.55. The predicted molar refractivity (Wildman–Crippen MR) is 132 cm³/mol. The van der Waals surface area contributed by atoms with E-state index >= 15 is 0 Å². The molecule has 0 aliphatic carbocycles. The van der Waals surface area contributed by atoms with Gasteiger partial charge in [-0.25, -0.2) is 0 Å². The highest BCUT2D eigenvalue weighted by Crippen LogP contribution is 2.51. The zero-order valence-corrected chi connectivity index (χ0v) is 21.4. The van der Waals surface area contributed by atoms with Gasteiger partial charge in [-0.3, -0.25) is 4.57 Å². The smallest absolute Gasteiger partial charge is 0.320 e. The van der Waals surface area contributed by atoms with Gasteiger partial charge < -0.3 is 13.9 Å². The second-order valence-electron chi connectivity index (χ2n) is 9.42. The van der Waals surface area contributed by atoms with Crippen molar-refractivity contribution >= 4 is 7.60 Å². The lowest BCUT2D eigenvalue weighted by Gasteiger charge is -2.35. The molecule has 0 saturated heterocycles. The summed E-state index contributed by atoms with van der Waals surface area (Å²) in [5.74, 6) is -0.352. The number of allylic oxidation sites excluding steroid dienone is 3. The van der Waals surface area contributed by atoms with Crippen molar-refractivity contribution in [2.45, 2.75) is 109 Å². The maximum Gasteiger partial charge on any atom is 0.385 e. The number of rotatable bonds is 21. The summed E-state index contributed by atoms with van der Waals surface area (Å²) in [7, 11) is 2.29. The number of nitrogens with zero attached hydrogens (tertiary/aromatic N) is 1. The standard InChI is InChI=1S/C25H50NO3P/c1-6-8-9-10-11-12-13-14-15-16-17-18-19-20-21-22-23-24-29-30(27,28)25(7-2)26(3,4)5/h6,13-14,25H,1,7-12,15-24H2,2-5H3/p+1/b14-13-. The van der Waals surface area contributed by atoms with Crippen LogP contribution in [0.3, 0.4) is 0 Å². The monoisotopic (exact) mass is 444 g/mol. The van der Waals surface area contributed by atoms with Gasteiger partial charge in [0.1, 0.15) is 0 Å². The lowest BCUT2D eigenvalue weighted by Crippen LogP contribution is -2.44. The molecule has 0 amide bonds.